The van der Waals surface area contributed by atoms with E-state index in [4.69, 9.17) is 33.0 Å². The second-order valence-corrected chi connectivity index (χ2v) is 4.33. The first-order valence-electron chi connectivity index (χ1n) is 4.14. The maximum atomic E-state index is 8.90. The van der Waals surface area contributed by atoms with Gasteiger partial charge >= 0.3 is 0 Å². The van der Waals surface area contributed by atoms with E-state index in [0.717, 1.165) is 10.0 Å². The van der Waals surface area contributed by atoms with Crippen LogP contribution in [0.2, 0.25) is 0 Å². The molecule has 0 spiro atoms. The third kappa shape index (κ3) is 4.03. The minimum absolute atomic E-state index is 0.00121. The summed E-state index contributed by atoms with van der Waals surface area (Å²) in [6.45, 7) is 0.226. The van der Waals surface area contributed by atoms with Gasteiger partial charge in [-0.1, -0.05) is 29.3 Å². The van der Waals surface area contributed by atoms with Crippen molar-refractivity contribution in [3.8, 4) is 5.75 Å². The molecule has 1 aromatic carbocycles. The Labute approximate surface area is 107 Å². The highest BCUT2D eigenvalue weighted by atomic mass is 79.9. The number of rotatable bonds is 4. The van der Waals surface area contributed by atoms with E-state index < -0.39 is 0 Å². The van der Waals surface area contributed by atoms with Crippen molar-refractivity contribution < 1.29 is 9.84 Å². The van der Waals surface area contributed by atoms with Gasteiger partial charge in [-0.25, -0.2) is 0 Å². The van der Waals surface area contributed by atoms with Crippen molar-refractivity contribution in [2.24, 2.45) is 0 Å². The van der Waals surface area contributed by atoms with Gasteiger partial charge in [-0.2, -0.15) is 0 Å². The molecule has 0 unspecified atom stereocenters. The molecular weight excluding hydrogens is 303 g/mol. The maximum Gasteiger partial charge on any atom is 0.134 e. The highest BCUT2D eigenvalue weighted by molar-refractivity contribution is 9.10. The number of hydrogen-bond donors (Lipinski definition) is 1. The zero-order valence-electron chi connectivity index (χ0n) is 7.71. The summed E-state index contributed by atoms with van der Waals surface area (Å²) in [6.07, 6.45) is 0. The van der Waals surface area contributed by atoms with Gasteiger partial charge in [-0.15, -0.1) is 0 Å². The van der Waals surface area contributed by atoms with E-state index in [0.29, 0.717) is 10.8 Å². The Kier molecular flexibility index (Phi) is 5.47. The molecule has 0 saturated heterocycles. The van der Waals surface area contributed by atoms with Crippen molar-refractivity contribution in [3.63, 3.8) is 0 Å². The fourth-order valence-electron chi connectivity index (χ4n) is 0.938. The number of hydrogen-bond acceptors (Lipinski definition) is 2. The zero-order valence-corrected chi connectivity index (χ0v) is 10.8. The molecular formula is C10H9BrCl2O2. The van der Waals surface area contributed by atoms with Gasteiger partial charge in [0.1, 0.15) is 12.4 Å². The summed E-state index contributed by atoms with van der Waals surface area (Å²) in [6, 6.07) is 5.32. The van der Waals surface area contributed by atoms with Crippen LogP contribution < -0.4 is 4.74 Å². The molecule has 0 saturated carbocycles. The lowest BCUT2D eigenvalue weighted by Crippen LogP contribution is -1.98. The molecule has 1 rings (SSSR count). The van der Waals surface area contributed by atoms with Crippen LogP contribution in [0, 0.1) is 0 Å². The van der Waals surface area contributed by atoms with Gasteiger partial charge < -0.3 is 9.84 Å². The molecule has 15 heavy (non-hydrogen) atoms. The number of benzene rings is 1. The molecule has 0 heterocycles. The normalized spacial score (nSPS) is 11.6. The van der Waals surface area contributed by atoms with Crippen LogP contribution in [-0.4, -0.2) is 11.7 Å². The highest BCUT2D eigenvalue weighted by Crippen LogP contribution is 2.26. The Morgan fingerprint density at radius 1 is 1.53 bits per heavy atom. The first-order valence-corrected chi connectivity index (χ1v) is 5.75. The van der Waals surface area contributed by atoms with Gasteiger partial charge in [0.25, 0.3) is 0 Å². The van der Waals surface area contributed by atoms with Crippen LogP contribution in [0.5, 0.6) is 5.75 Å². The van der Waals surface area contributed by atoms with Gasteiger partial charge in [-0.3, -0.25) is 0 Å². The topological polar surface area (TPSA) is 29.5 Å². The predicted octanol–water partition coefficient (Wildman–Crippen LogP) is 3.64. The molecule has 1 aromatic rings. The van der Waals surface area contributed by atoms with Crippen LogP contribution in [0.25, 0.3) is 0 Å². The smallest absolute Gasteiger partial charge is 0.134 e. The van der Waals surface area contributed by atoms with E-state index in [-0.39, 0.29) is 13.2 Å². The first-order chi connectivity index (χ1) is 7.17. The van der Waals surface area contributed by atoms with E-state index in [1.807, 2.05) is 0 Å². The summed E-state index contributed by atoms with van der Waals surface area (Å²) in [5, 5.41) is 9.33. The van der Waals surface area contributed by atoms with Gasteiger partial charge in [0, 0.05) is 5.54 Å². The Balaban J connectivity index is 2.70. The largest absolute Gasteiger partial charge is 0.487 e. The average molecular weight is 312 g/mol. The van der Waals surface area contributed by atoms with Crippen molar-refractivity contribution in [3.05, 3.63) is 38.8 Å². The molecule has 2 nitrogen and oxygen atoms in total. The van der Waals surface area contributed by atoms with Gasteiger partial charge in [0.2, 0.25) is 0 Å². The van der Waals surface area contributed by atoms with Crippen molar-refractivity contribution >= 4 is 39.1 Å². The lowest BCUT2D eigenvalue weighted by molar-refractivity contribution is 0.281. The fourth-order valence-corrected chi connectivity index (χ4v) is 1.60. The Hall–Kier alpha value is -0.220. The number of halogens is 3. The van der Waals surface area contributed by atoms with E-state index >= 15 is 0 Å². The minimum atomic E-state index is 0.00121. The second kappa shape index (κ2) is 6.38. The molecule has 0 aromatic heterocycles. The molecule has 0 aliphatic rings. The Morgan fingerprint density at radius 2 is 2.27 bits per heavy atom. The average Bonchev–Trinajstić information content (AvgIpc) is 2.26. The molecule has 0 atom stereocenters. The third-order valence-electron chi connectivity index (χ3n) is 1.66. The van der Waals surface area contributed by atoms with Crippen molar-refractivity contribution in [2.75, 3.05) is 6.61 Å². The van der Waals surface area contributed by atoms with Crippen molar-refractivity contribution in [2.45, 2.75) is 6.61 Å². The zero-order chi connectivity index (χ0) is 11.3. The molecule has 0 amide bonds. The molecule has 0 aliphatic heterocycles. The molecule has 0 bridgehead atoms. The Bertz CT molecular complexity index is 366. The van der Waals surface area contributed by atoms with Crippen LogP contribution in [0.4, 0.5) is 0 Å². The lowest BCUT2D eigenvalue weighted by Gasteiger charge is -2.08. The SMILES string of the molecule is OCc1ccc(OCC(Cl)=CCl)c(Br)c1. The standard InChI is InChI=1S/C10H9BrCl2O2/c11-9-3-7(5-14)1-2-10(9)15-6-8(13)4-12/h1-4,14H,5-6H2. The van der Waals surface area contributed by atoms with E-state index in [2.05, 4.69) is 15.9 Å². The van der Waals surface area contributed by atoms with Crippen molar-refractivity contribution in [1.29, 1.82) is 0 Å². The lowest BCUT2D eigenvalue weighted by atomic mass is 10.2. The van der Waals surface area contributed by atoms with Crippen LogP contribution >= 0.6 is 39.1 Å². The second-order valence-electron chi connectivity index (χ2n) is 2.77. The van der Waals surface area contributed by atoms with E-state index in [9.17, 15) is 0 Å². The van der Waals surface area contributed by atoms with Crippen LogP contribution in [-0.2, 0) is 6.61 Å². The number of aliphatic hydroxyl groups excluding tert-OH is 1. The summed E-state index contributed by atoms with van der Waals surface area (Å²) >= 11 is 14.4. The summed E-state index contributed by atoms with van der Waals surface area (Å²) < 4.78 is 6.15. The fraction of sp³-hybridized carbons (Fsp3) is 0.200. The highest BCUT2D eigenvalue weighted by Gasteiger charge is 2.02. The maximum absolute atomic E-state index is 8.90. The number of ether oxygens (including phenoxy) is 1. The molecule has 1 N–H and O–H groups in total. The summed E-state index contributed by atoms with van der Waals surface area (Å²) in [7, 11) is 0. The van der Waals surface area contributed by atoms with Gasteiger partial charge in [0.15, 0.2) is 0 Å². The Morgan fingerprint density at radius 3 is 2.80 bits per heavy atom. The van der Waals surface area contributed by atoms with Crippen molar-refractivity contribution in [1.82, 2.24) is 0 Å². The summed E-state index contributed by atoms with van der Waals surface area (Å²) in [5.74, 6) is 0.656. The van der Waals surface area contributed by atoms with Crippen LogP contribution in [0.1, 0.15) is 5.56 Å². The molecule has 0 aliphatic carbocycles. The van der Waals surface area contributed by atoms with Crippen LogP contribution in [0.3, 0.4) is 0 Å². The minimum Gasteiger partial charge on any atom is -0.487 e. The summed E-state index contributed by atoms with van der Waals surface area (Å²) in [5.41, 5.74) is 2.07. The van der Waals surface area contributed by atoms with Gasteiger partial charge in [-0.05, 0) is 33.6 Å². The number of aliphatic hydroxyl groups is 1. The molecule has 0 radical (unpaired) electrons. The molecule has 82 valence electrons. The first kappa shape index (κ1) is 12.8. The van der Waals surface area contributed by atoms with Gasteiger partial charge in [0.05, 0.1) is 16.1 Å². The van der Waals surface area contributed by atoms with E-state index in [1.54, 1.807) is 18.2 Å². The molecule has 5 heteroatoms. The van der Waals surface area contributed by atoms with Crippen LogP contribution in [0.15, 0.2) is 33.2 Å². The monoisotopic (exact) mass is 310 g/mol. The molecule has 0 fully saturated rings. The quantitative estimate of drug-likeness (QED) is 0.920. The summed E-state index contributed by atoms with van der Waals surface area (Å²) in [4.78, 5) is 0. The predicted molar refractivity (Wildman–Crippen MR) is 65.3 cm³/mol. The van der Waals surface area contributed by atoms with E-state index in [1.165, 1.54) is 5.54 Å². The third-order valence-corrected chi connectivity index (χ3v) is 2.88.